The fourth-order valence-corrected chi connectivity index (χ4v) is 1.80. The van der Waals surface area contributed by atoms with E-state index in [1.807, 2.05) is 0 Å². The molecular formula is C12H9ClF3NO2. The molecule has 0 aliphatic carbocycles. The predicted octanol–water partition coefficient (Wildman–Crippen LogP) is 3.34. The van der Waals surface area contributed by atoms with Gasteiger partial charge in [-0.05, 0) is 18.6 Å². The zero-order chi connectivity index (χ0) is 14.6. The number of hydrogen-bond acceptors (Lipinski definition) is 3. The van der Waals surface area contributed by atoms with E-state index in [1.165, 1.54) is 12.1 Å². The Morgan fingerprint density at radius 3 is 2.58 bits per heavy atom. The summed E-state index contributed by atoms with van der Waals surface area (Å²) >= 11 is 5.48. The number of rotatable bonds is 3. The molecule has 3 nitrogen and oxygen atoms in total. The van der Waals surface area contributed by atoms with Crippen molar-refractivity contribution in [2.75, 3.05) is 6.61 Å². The first kappa shape index (κ1) is 15.3. The van der Waals surface area contributed by atoms with Crippen LogP contribution in [-0.2, 0) is 22.1 Å². The van der Waals surface area contributed by atoms with E-state index in [1.54, 1.807) is 6.92 Å². The summed E-state index contributed by atoms with van der Waals surface area (Å²) in [4.78, 5) is 11.3. The number of benzene rings is 1. The summed E-state index contributed by atoms with van der Waals surface area (Å²) in [5, 5.41) is 8.30. The highest BCUT2D eigenvalue weighted by Gasteiger charge is 2.37. The first-order chi connectivity index (χ1) is 8.81. The number of carbonyl (C=O) groups excluding carboxylic acids is 1. The van der Waals surface area contributed by atoms with Gasteiger partial charge >= 0.3 is 12.1 Å². The molecule has 0 amide bonds. The van der Waals surface area contributed by atoms with E-state index >= 15 is 0 Å². The molecule has 19 heavy (non-hydrogen) atoms. The number of halogens is 4. The van der Waals surface area contributed by atoms with Crippen molar-refractivity contribution >= 4 is 17.6 Å². The van der Waals surface area contributed by atoms with E-state index in [-0.39, 0.29) is 12.2 Å². The van der Waals surface area contributed by atoms with Crippen LogP contribution in [0.3, 0.4) is 0 Å². The Bertz CT molecular complexity index is 535. The summed E-state index contributed by atoms with van der Waals surface area (Å²) in [6.07, 6.45) is -5.16. The van der Waals surface area contributed by atoms with Gasteiger partial charge in [0.15, 0.2) is 0 Å². The Kier molecular flexibility index (Phi) is 4.78. The smallest absolute Gasteiger partial charge is 0.419 e. The van der Waals surface area contributed by atoms with Crippen LogP contribution in [-0.4, -0.2) is 12.6 Å². The molecule has 0 N–H and O–H groups in total. The van der Waals surface area contributed by atoms with Crippen LogP contribution in [0.4, 0.5) is 13.2 Å². The van der Waals surface area contributed by atoms with Crippen molar-refractivity contribution in [1.82, 2.24) is 0 Å². The molecule has 0 saturated heterocycles. The molecule has 0 aromatic heterocycles. The molecule has 0 bridgehead atoms. The standard InChI is InChI=1S/C12H9ClF3NO2/c1-2-19-10(18)5-7-3-4-9(13)11(8(7)6-17)12(14,15)16/h3-4H,2,5H2,1H3. The van der Waals surface area contributed by atoms with Crippen LogP contribution in [0.5, 0.6) is 0 Å². The minimum absolute atomic E-state index is 0.0577. The van der Waals surface area contributed by atoms with Crippen LogP contribution >= 0.6 is 11.6 Å². The summed E-state index contributed by atoms with van der Waals surface area (Å²) in [6.45, 7) is 1.69. The molecule has 0 aliphatic rings. The van der Waals surface area contributed by atoms with Crippen molar-refractivity contribution in [3.63, 3.8) is 0 Å². The van der Waals surface area contributed by atoms with Gasteiger partial charge < -0.3 is 4.74 Å². The van der Waals surface area contributed by atoms with Gasteiger partial charge in [0.25, 0.3) is 0 Å². The van der Waals surface area contributed by atoms with E-state index in [2.05, 4.69) is 4.74 Å². The number of nitrogens with zero attached hydrogens (tertiary/aromatic N) is 1. The van der Waals surface area contributed by atoms with Crippen LogP contribution in [0.2, 0.25) is 5.02 Å². The molecule has 0 radical (unpaired) electrons. The Morgan fingerprint density at radius 1 is 1.47 bits per heavy atom. The Labute approximate surface area is 112 Å². The third-order valence-corrected chi connectivity index (χ3v) is 2.59. The van der Waals surface area contributed by atoms with E-state index < -0.39 is 34.7 Å². The number of hydrogen-bond donors (Lipinski definition) is 0. The first-order valence-electron chi connectivity index (χ1n) is 5.25. The molecule has 0 heterocycles. The van der Waals surface area contributed by atoms with Gasteiger partial charge in [-0.25, -0.2) is 0 Å². The van der Waals surface area contributed by atoms with Gasteiger partial charge in [-0.2, -0.15) is 18.4 Å². The Balaban J connectivity index is 3.29. The summed E-state index contributed by atoms with van der Waals surface area (Å²) < 4.78 is 43.1. The van der Waals surface area contributed by atoms with Gasteiger partial charge in [-0.1, -0.05) is 17.7 Å². The summed E-state index contributed by atoms with van der Waals surface area (Å²) in [5.41, 5.74) is -1.93. The summed E-state index contributed by atoms with van der Waals surface area (Å²) in [5.74, 6) is -0.700. The van der Waals surface area contributed by atoms with Crippen LogP contribution < -0.4 is 0 Å². The van der Waals surface area contributed by atoms with Crippen molar-refractivity contribution in [3.05, 3.63) is 33.8 Å². The van der Waals surface area contributed by atoms with Gasteiger partial charge in [-0.15, -0.1) is 0 Å². The Morgan fingerprint density at radius 2 is 2.11 bits per heavy atom. The van der Waals surface area contributed by atoms with Crippen LogP contribution in [0.15, 0.2) is 12.1 Å². The fraction of sp³-hybridized carbons (Fsp3) is 0.333. The maximum Gasteiger partial charge on any atom is 0.419 e. The maximum absolute atomic E-state index is 12.8. The molecule has 1 rings (SSSR count). The van der Waals surface area contributed by atoms with Crippen molar-refractivity contribution < 1.29 is 22.7 Å². The molecule has 1 aromatic carbocycles. The minimum Gasteiger partial charge on any atom is -0.466 e. The second-order valence-corrected chi connectivity index (χ2v) is 3.96. The van der Waals surface area contributed by atoms with Gasteiger partial charge in [0, 0.05) is 0 Å². The Hall–Kier alpha value is -1.74. The zero-order valence-corrected chi connectivity index (χ0v) is 10.6. The molecule has 0 fully saturated rings. The highest BCUT2D eigenvalue weighted by Crippen LogP contribution is 2.38. The van der Waals surface area contributed by atoms with E-state index in [4.69, 9.17) is 16.9 Å². The molecular weight excluding hydrogens is 283 g/mol. The number of ether oxygens (including phenoxy) is 1. The van der Waals surface area contributed by atoms with E-state index in [0.717, 1.165) is 6.07 Å². The normalized spacial score (nSPS) is 10.9. The monoisotopic (exact) mass is 291 g/mol. The van der Waals surface area contributed by atoms with Gasteiger partial charge in [-0.3, -0.25) is 4.79 Å². The lowest BCUT2D eigenvalue weighted by atomic mass is 9.99. The van der Waals surface area contributed by atoms with Crippen molar-refractivity contribution in [3.8, 4) is 6.07 Å². The van der Waals surface area contributed by atoms with Crippen LogP contribution in [0, 0.1) is 11.3 Å². The maximum atomic E-state index is 12.8. The number of esters is 1. The number of nitriles is 1. The quantitative estimate of drug-likeness (QED) is 0.803. The molecule has 0 atom stereocenters. The molecule has 0 spiro atoms. The summed E-state index contributed by atoms with van der Waals surface area (Å²) in [6, 6.07) is 3.68. The minimum atomic E-state index is -4.76. The number of alkyl halides is 3. The fourth-order valence-electron chi connectivity index (χ4n) is 1.54. The SMILES string of the molecule is CCOC(=O)Cc1ccc(Cl)c(C(F)(F)F)c1C#N. The van der Waals surface area contributed by atoms with Crippen LogP contribution in [0.25, 0.3) is 0 Å². The molecule has 0 unspecified atom stereocenters. The highest BCUT2D eigenvalue weighted by atomic mass is 35.5. The zero-order valence-electron chi connectivity index (χ0n) is 9.84. The summed E-state index contributed by atoms with van der Waals surface area (Å²) in [7, 11) is 0. The molecule has 1 aromatic rings. The lowest BCUT2D eigenvalue weighted by molar-refractivity contribution is -0.142. The third kappa shape index (κ3) is 3.61. The predicted molar refractivity (Wildman–Crippen MR) is 61.5 cm³/mol. The molecule has 0 aliphatic heterocycles. The van der Waals surface area contributed by atoms with Gasteiger partial charge in [0.1, 0.15) is 6.07 Å². The lowest BCUT2D eigenvalue weighted by Crippen LogP contribution is -2.14. The highest BCUT2D eigenvalue weighted by molar-refractivity contribution is 6.31. The molecule has 0 saturated carbocycles. The van der Waals surface area contributed by atoms with Gasteiger partial charge in [0.2, 0.25) is 0 Å². The largest absolute Gasteiger partial charge is 0.466 e. The van der Waals surface area contributed by atoms with Crippen molar-refractivity contribution in [2.24, 2.45) is 0 Å². The lowest BCUT2D eigenvalue weighted by Gasteiger charge is -2.13. The van der Waals surface area contributed by atoms with E-state index in [9.17, 15) is 18.0 Å². The molecule has 102 valence electrons. The second-order valence-electron chi connectivity index (χ2n) is 3.55. The van der Waals surface area contributed by atoms with Gasteiger partial charge in [0.05, 0.1) is 29.2 Å². The van der Waals surface area contributed by atoms with E-state index in [0.29, 0.717) is 0 Å². The number of carbonyl (C=O) groups is 1. The van der Waals surface area contributed by atoms with Crippen LogP contribution in [0.1, 0.15) is 23.6 Å². The average molecular weight is 292 g/mol. The van der Waals surface area contributed by atoms with Crippen molar-refractivity contribution in [1.29, 1.82) is 5.26 Å². The third-order valence-electron chi connectivity index (χ3n) is 2.28. The second kappa shape index (κ2) is 5.93. The van der Waals surface area contributed by atoms with Crippen molar-refractivity contribution in [2.45, 2.75) is 19.5 Å². The average Bonchev–Trinajstić information content (AvgIpc) is 2.29. The molecule has 7 heteroatoms. The first-order valence-corrected chi connectivity index (χ1v) is 5.63. The topological polar surface area (TPSA) is 50.1 Å².